The SMILES string of the molecule is CBn1c(C(=O)OCc2ccccc2)cc2c3ccccc3ccc21. The van der Waals surface area contributed by atoms with E-state index < -0.39 is 0 Å². The summed E-state index contributed by atoms with van der Waals surface area (Å²) in [5.41, 5.74) is 2.65. The molecule has 0 radical (unpaired) electrons. The number of carbonyl (C=O) groups excluding carboxylic acids is 1. The number of hydrogen-bond acceptors (Lipinski definition) is 2. The lowest BCUT2D eigenvalue weighted by molar-refractivity contribution is 0.0465. The third-order valence-corrected chi connectivity index (χ3v) is 4.55. The lowest BCUT2D eigenvalue weighted by Gasteiger charge is -2.08. The molecule has 0 spiro atoms. The molecule has 0 fully saturated rings. The molecular weight excluding hydrogens is 309 g/mol. The van der Waals surface area contributed by atoms with Gasteiger partial charge in [-0.05, 0) is 28.5 Å². The highest BCUT2D eigenvalue weighted by atomic mass is 16.5. The zero-order valence-corrected chi connectivity index (χ0v) is 14.1. The fourth-order valence-electron chi connectivity index (χ4n) is 3.32. The smallest absolute Gasteiger partial charge is 0.354 e. The molecule has 0 bridgehead atoms. The van der Waals surface area contributed by atoms with E-state index in [-0.39, 0.29) is 12.6 Å². The number of esters is 1. The number of rotatable bonds is 4. The van der Waals surface area contributed by atoms with Crippen molar-refractivity contribution in [1.29, 1.82) is 0 Å². The second-order valence-electron chi connectivity index (χ2n) is 6.06. The molecule has 1 heterocycles. The first-order chi connectivity index (χ1) is 12.3. The van der Waals surface area contributed by atoms with Crippen LogP contribution in [0.4, 0.5) is 0 Å². The molecule has 0 aliphatic heterocycles. The summed E-state index contributed by atoms with van der Waals surface area (Å²) >= 11 is 0. The maximum absolute atomic E-state index is 12.7. The largest absolute Gasteiger partial charge is 0.456 e. The number of benzene rings is 3. The van der Waals surface area contributed by atoms with Crippen LogP contribution in [0.2, 0.25) is 6.82 Å². The molecule has 0 aliphatic rings. The Morgan fingerprint density at radius 3 is 2.52 bits per heavy atom. The molecular formula is C21H18BNO2. The van der Waals surface area contributed by atoms with E-state index in [1.807, 2.05) is 59.8 Å². The fourth-order valence-corrected chi connectivity index (χ4v) is 3.32. The van der Waals surface area contributed by atoms with Crippen LogP contribution in [0.25, 0.3) is 21.7 Å². The Morgan fingerprint density at radius 1 is 0.960 bits per heavy atom. The lowest BCUT2D eigenvalue weighted by Crippen LogP contribution is -2.14. The summed E-state index contributed by atoms with van der Waals surface area (Å²) in [5, 5.41) is 3.42. The molecule has 4 rings (SSSR count). The van der Waals surface area contributed by atoms with Crippen molar-refractivity contribution >= 4 is 35.1 Å². The summed E-state index contributed by atoms with van der Waals surface area (Å²) in [4.78, 5) is 12.7. The number of nitrogens with zero attached hydrogens (tertiary/aromatic N) is 1. The molecule has 3 nitrogen and oxygen atoms in total. The number of carbonyl (C=O) groups is 1. The van der Waals surface area contributed by atoms with Gasteiger partial charge in [-0.25, -0.2) is 4.79 Å². The topological polar surface area (TPSA) is 31.2 Å². The molecule has 0 saturated carbocycles. The van der Waals surface area contributed by atoms with Crippen LogP contribution in [0, 0.1) is 0 Å². The van der Waals surface area contributed by atoms with Crippen LogP contribution >= 0.6 is 0 Å². The summed E-state index contributed by atoms with van der Waals surface area (Å²) in [6, 6.07) is 24.1. The van der Waals surface area contributed by atoms with E-state index in [1.165, 1.54) is 5.39 Å². The number of hydrogen-bond donors (Lipinski definition) is 0. The first-order valence-corrected chi connectivity index (χ1v) is 8.50. The Labute approximate surface area is 147 Å². The molecule has 25 heavy (non-hydrogen) atoms. The predicted molar refractivity (Wildman–Crippen MR) is 103 cm³/mol. The molecule has 0 N–H and O–H groups in total. The van der Waals surface area contributed by atoms with Gasteiger partial charge in [0.15, 0.2) is 0 Å². The standard InChI is InChI=1S/C21H18BNO2/c1-22-23-19-12-11-16-9-5-6-10-17(16)18(19)13-20(23)21(24)25-14-15-7-3-2-4-8-15/h2-13,22H,14H2,1H3. The van der Waals surface area contributed by atoms with Crippen molar-refractivity contribution in [1.82, 2.24) is 4.48 Å². The summed E-state index contributed by atoms with van der Waals surface area (Å²) in [6.07, 6.45) is 0. The maximum atomic E-state index is 12.7. The van der Waals surface area contributed by atoms with Gasteiger partial charge in [0.1, 0.15) is 12.3 Å². The van der Waals surface area contributed by atoms with E-state index >= 15 is 0 Å². The zero-order valence-electron chi connectivity index (χ0n) is 14.1. The van der Waals surface area contributed by atoms with E-state index in [9.17, 15) is 4.79 Å². The van der Waals surface area contributed by atoms with Crippen LogP contribution in [0.15, 0.2) is 72.8 Å². The monoisotopic (exact) mass is 327 g/mol. The molecule has 0 aliphatic carbocycles. The van der Waals surface area contributed by atoms with Gasteiger partial charge in [-0.2, -0.15) is 0 Å². The average Bonchev–Trinajstić information content (AvgIpc) is 3.06. The van der Waals surface area contributed by atoms with Crippen molar-refractivity contribution in [3.05, 3.63) is 84.1 Å². The van der Waals surface area contributed by atoms with E-state index in [0.717, 1.165) is 29.3 Å². The van der Waals surface area contributed by atoms with Crippen LogP contribution in [0.1, 0.15) is 16.1 Å². The zero-order chi connectivity index (χ0) is 17.2. The van der Waals surface area contributed by atoms with E-state index in [4.69, 9.17) is 4.74 Å². The van der Waals surface area contributed by atoms with Crippen LogP contribution in [-0.4, -0.2) is 17.9 Å². The molecule has 122 valence electrons. The first kappa shape index (κ1) is 15.5. The van der Waals surface area contributed by atoms with Crippen molar-refractivity contribution in [2.24, 2.45) is 0 Å². The minimum atomic E-state index is -0.286. The van der Waals surface area contributed by atoms with Crippen LogP contribution in [-0.2, 0) is 11.3 Å². The fraction of sp³-hybridized carbons (Fsp3) is 0.0952. The van der Waals surface area contributed by atoms with Gasteiger partial charge in [0.25, 0.3) is 0 Å². The van der Waals surface area contributed by atoms with Gasteiger partial charge >= 0.3 is 5.97 Å². The van der Waals surface area contributed by atoms with Crippen molar-refractivity contribution in [2.75, 3.05) is 0 Å². The predicted octanol–water partition coefficient (Wildman–Crippen LogP) is 4.40. The lowest BCUT2D eigenvalue weighted by atomic mass is 9.98. The highest BCUT2D eigenvalue weighted by Gasteiger charge is 2.17. The highest BCUT2D eigenvalue weighted by molar-refractivity contribution is 6.36. The minimum absolute atomic E-state index is 0.283. The Kier molecular flexibility index (Phi) is 4.02. The van der Waals surface area contributed by atoms with Gasteiger partial charge in [0, 0.05) is 10.9 Å². The van der Waals surface area contributed by atoms with Crippen LogP contribution in [0.3, 0.4) is 0 Å². The maximum Gasteiger partial charge on any atom is 0.354 e. The van der Waals surface area contributed by atoms with Crippen LogP contribution in [0.5, 0.6) is 0 Å². The molecule has 4 heteroatoms. The van der Waals surface area contributed by atoms with Gasteiger partial charge in [-0.1, -0.05) is 67.5 Å². The number of aromatic nitrogens is 1. The number of ether oxygens (including phenoxy) is 1. The van der Waals surface area contributed by atoms with E-state index in [2.05, 4.69) is 24.3 Å². The Balaban J connectivity index is 1.73. The second-order valence-corrected chi connectivity index (χ2v) is 6.06. The summed E-state index contributed by atoms with van der Waals surface area (Å²) in [5.74, 6) is -0.286. The third-order valence-electron chi connectivity index (χ3n) is 4.55. The van der Waals surface area contributed by atoms with Crippen molar-refractivity contribution in [3.8, 4) is 0 Å². The van der Waals surface area contributed by atoms with E-state index in [0.29, 0.717) is 5.69 Å². The second kappa shape index (κ2) is 6.48. The summed E-state index contributed by atoms with van der Waals surface area (Å²) in [6.45, 7) is 2.33. The normalized spacial score (nSPS) is 10.9. The first-order valence-electron chi connectivity index (χ1n) is 8.50. The van der Waals surface area contributed by atoms with Gasteiger partial charge < -0.3 is 9.21 Å². The Bertz CT molecular complexity index is 1050. The Hall–Kier alpha value is -3.01. The quantitative estimate of drug-likeness (QED) is 0.411. The van der Waals surface area contributed by atoms with Gasteiger partial charge in [-0.3, -0.25) is 0 Å². The number of fused-ring (bicyclic) bond motifs is 3. The van der Waals surface area contributed by atoms with Crippen molar-refractivity contribution in [3.63, 3.8) is 0 Å². The third kappa shape index (κ3) is 2.80. The molecule has 4 aromatic rings. The molecule has 3 aromatic carbocycles. The average molecular weight is 327 g/mol. The van der Waals surface area contributed by atoms with Gasteiger partial charge in [0.2, 0.25) is 7.41 Å². The van der Waals surface area contributed by atoms with E-state index in [1.54, 1.807) is 0 Å². The van der Waals surface area contributed by atoms with Gasteiger partial charge in [0.05, 0.1) is 0 Å². The minimum Gasteiger partial charge on any atom is -0.456 e. The molecule has 0 atom stereocenters. The Morgan fingerprint density at radius 2 is 1.72 bits per heavy atom. The van der Waals surface area contributed by atoms with Crippen molar-refractivity contribution in [2.45, 2.75) is 13.4 Å². The molecule has 0 saturated heterocycles. The molecule has 0 amide bonds. The summed E-state index contributed by atoms with van der Waals surface area (Å²) in [7, 11) is 0.720. The molecule has 1 aromatic heterocycles. The van der Waals surface area contributed by atoms with Gasteiger partial charge in [-0.15, -0.1) is 0 Å². The van der Waals surface area contributed by atoms with Crippen molar-refractivity contribution < 1.29 is 9.53 Å². The van der Waals surface area contributed by atoms with Crippen LogP contribution < -0.4 is 0 Å². The summed E-state index contributed by atoms with van der Waals surface area (Å²) < 4.78 is 7.56. The molecule has 0 unspecified atom stereocenters. The highest BCUT2D eigenvalue weighted by Crippen LogP contribution is 2.28.